The third kappa shape index (κ3) is 5.74. The van der Waals surface area contributed by atoms with Gasteiger partial charge in [-0.3, -0.25) is 4.79 Å². The zero-order valence-corrected chi connectivity index (χ0v) is 13.1. The number of thiophene rings is 1. The van der Waals surface area contributed by atoms with Gasteiger partial charge in [-0.1, -0.05) is 11.8 Å². The summed E-state index contributed by atoms with van der Waals surface area (Å²) in [5, 5.41) is 11.6. The van der Waals surface area contributed by atoms with Crippen molar-refractivity contribution in [2.24, 2.45) is 0 Å². The Morgan fingerprint density at radius 3 is 2.85 bits per heavy atom. The van der Waals surface area contributed by atoms with Crippen LogP contribution in [0.25, 0.3) is 0 Å². The largest absolute Gasteiger partial charge is 0.384 e. The van der Waals surface area contributed by atoms with E-state index in [2.05, 4.69) is 22.1 Å². The number of nitrogens with zero attached hydrogens (tertiary/aromatic N) is 1. The second kappa shape index (κ2) is 8.75. The molecule has 1 aromatic heterocycles. The van der Waals surface area contributed by atoms with Crippen LogP contribution >= 0.6 is 11.3 Å². The smallest absolute Gasteiger partial charge is 0.261 e. The second-order valence-electron chi connectivity index (χ2n) is 4.85. The summed E-state index contributed by atoms with van der Waals surface area (Å²) < 4.78 is 0. The molecule has 0 spiro atoms. The Bertz CT molecular complexity index is 498. The van der Waals surface area contributed by atoms with Crippen molar-refractivity contribution in [1.29, 1.82) is 0 Å². The minimum absolute atomic E-state index is 0.0417. The quantitative estimate of drug-likeness (QED) is 0.617. The van der Waals surface area contributed by atoms with Gasteiger partial charge in [-0.05, 0) is 52.0 Å². The highest BCUT2D eigenvalue weighted by molar-refractivity contribution is 7.14. The number of nitrogens with one attached hydrogen (secondary N) is 1. The highest BCUT2D eigenvalue weighted by atomic mass is 32.1. The van der Waals surface area contributed by atoms with E-state index < -0.39 is 0 Å². The summed E-state index contributed by atoms with van der Waals surface area (Å²) in [5.74, 6) is 5.43. The minimum atomic E-state index is -0.162. The molecule has 0 aliphatic carbocycles. The van der Waals surface area contributed by atoms with Gasteiger partial charge in [0.15, 0.2) is 0 Å². The molecule has 1 rings (SSSR count). The van der Waals surface area contributed by atoms with E-state index in [0.29, 0.717) is 11.4 Å². The van der Waals surface area contributed by atoms with Gasteiger partial charge in [-0.25, -0.2) is 0 Å². The molecule has 0 aliphatic rings. The van der Waals surface area contributed by atoms with Crippen LogP contribution in [-0.4, -0.2) is 49.7 Å². The molecule has 0 atom stereocenters. The zero-order valence-electron chi connectivity index (χ0n) is 12.3. The van der Waals surface area contributed by atoms with Crippen LogP contribution < -0.4 is 5.32 Å². The molecule has 2 N–H and O–H groups in total. The number of hydrogen-bond acceptors (Lipinski definition) is 4. The van der Waals surface area contributed by atoms with Gasteiger partial charge in [0.05, 0.1) is 9.75 Å². The van der Waals surface area contributed by atoms with Gasteiger partial charge < -0.3 is 15.3 Å². The van der Waals surface area contributed by atoms with E-state index in [1.807, 2.05) is 27.1 Å². The molecule has 0 fully saturated rings. The zero-order chi connectivity index (χ0) is 15.0. The highest BCUT2D eigenvalue weighted by Gasteiger charge is 2.10. The third-order valence-corrected chi connectivity index (χ3v) is 3.89. The van der Waals surface area contributed by atoms with Crippen LogP contribution in [0.2, 0.25) is 0 Å². The van der Waals surface area contributed by atoms with Gasteiger partial charge in [0, 0.05) is 6.54 Å². The maximum absolute atomic E-state index is 12.0. The monoisotopic (exact) mass is 294 g/mol. The van der Waals surface area contributed by atoms with Gasteiger partial charge in [-0.15, -0.1) is 11.3 Å². The first-order valence-corrected chi connectivity index (χ1v) is 7.49. The molecule has 0 saturated carbocycles. The van der Waals surface area contributed by atoms with Gasteiger partial charge in [0.1, 0.15) is 6.61 Å². The van der Waals surface area contributed by atoms with E-state index in [1.54, 1.807) is 0 Å². The number of unbranched alkanes of at least 4 members (excludes halogenated alkanes) is 1. The lowest BCUT2D eigenvalue weighted by molar-refractivity contribution is 0.0957. The Hall–Kier alpha value is -1.35. The summed E-state index contributed by atoms with van der Waals surface area (Å²) in [6.07, 6.45) is 2.05. The van der Waals surface area contributed by atoms with Gasteiger partial charge in [-0.2, -0.15) is 0 Å². The Morgan fingerprint density at radius 2 is 2.20 bits per heavy atom. The fraction of sp³-hybridized carbons (Fsp3) is 0.533. The van der Waals surface area contributed by atoms with E-state index in [1.165, 1.54) is 11.3 Å². The number of aliphatic hydroxyl groups excluding tert-OH is 1. The third-order valence-electron chi connectivity index (χ3n) is 2.74. The first-order valence-electron chi connectivity index (χ1n) is 6.67. The average Bonchev–Trinajstić information content (AvgIpc) is 2.77. The Kier molecular flexibility index (Phi) is 7.31. The van der Waals surface area contributed by atoms with Gasteiger partial charge >= 0.3 is 0 Å². The topological polar surface area (TPSA) is 52.6 Å². The number of carbonyl (C=O) groups excluding carboxylic acids is 1. The molecule has 1 heterocycles. The van der Waals surface area contributed by atoms with Crippen LogP contribution in [0.15, 0.2) is 6.07 Å². The van der Waals surface area contributed by atoms with Crippen molar-refractivity contribution in [3.8, 4) is 11.8 Å². The molecule has 20 heavy (non-hydrogen) atoms. The molecule has 0 saturated heterocycles. The molecular weight excluding hydrogens is 272 g/mol. The first-order chi connectivity index (χ1) is 9.54. The van der Waals surface area contributed by atoms with Crippen molar-refractivity contribution in [3.63, 3.8) is 0 Å². The lowest BCUT2D eigenvalue weighted by Crippen LogP contribution is -2.24. The molecule has 0 unspecified atom stereocenters. The molecule has 0 aliphatic heterocycles. The van der Waals surface area contributed by atoms with Crippen molar-refractivity contribution < 1.29 is 9.90 Å². The average molecular weight is 294 g/mol. The number of amides is 1. The summed E-state index contributed by atoms with van der Waals surface area (Å²) in [6, 6.07) is 1.85. The molecule has 110 valence electrons. The lowest BCUT2D eigenvalue weighted by Gasteiger charge is -2.08. The maximum Gasteiger partial charge on any atom is 0.261 e. The molecular formula is C15H22N2O2S. The minimum Gasteiger partial charge on any atom is -0.384 e. The predicted molar refractivity (Wildman–Crippen MR) is 83.1 cm³/mol. The number of aliphatic hydroxyl groups is 1. The molecule has 0 bridgehead atoms. The fourth-order valence-electron chi connectivity index (χ4n) is 1.68. The van der Waals surface area contributed by atoms with Gasteiger partial charge in [0.2, 0.25) is 0 Å². The van der Waals surface area contributed by atoms with Crippen LogP contribution in [0.3, 0.4) is 0 Å². The van der Waals surface area contributed by atoms with Crippen LogP contribution in [0.4, 0.5) is 0 Å². The van der Waals surface area contributed by atoms with E-state index in [-0.39, 0.29) is 12.5 Å². The van der Waals surface area contributed by atoms with E-state index >= 15 is 0 Å². The summed E-state index contributed by atoms with van der Waals surface area (Å²) in [6.45, 7) is 3.49. The molecule has 4 nitrogen and oxygen atoms in total. The number of carbonyl (C=O) groups is 1. The van der Waals surface area contributed by atoms with E-state index in [9.17, 15) is 4.79 Å². The van der Waals surface area contributed by atoms with Crippen LogP contribution in [0.1, 0.15) is 33.0 Å². The summed E-state index contributed by atoms with van der Waals surface area (Å²) >= 11 is 1.37. The molecule has 1 aromatic rings. The van der Waals surface area contributed by atoms with Crippen molar-refractivity contribution in [2.45, 2.75) is 19.8 Å². The lowest BCUT2D eigenvalue weighted by atomic mass is 10.2. The van der Waals surface area contributed by atoms with E-state index in [0.717, 1.165) is 29.8 Å². The van der Waals surface area contributed by atoms with E-state index in [4.69, 9.17) is 5.11 Å². The number of hydrogen-bond donors (Lipinski definition) is 2. The standard InChI is InChI=1S/C15H22N2O2S/c1-12-11-14(20-13(12)7-6-10-18)15(19)16-8-4-5-9-17(2)3/h11,18H,4-5,8-10H2,1-3H3,(H,16,19). The molecule has 1 amide bonds. The summed E-state index contributed by atoms with van der Waals surface area (Å²) in [5.41, 5.74) is 0.980. The SMILES string of the molecule is Cc1cc(C(=O)NCCCCN(C)C)sc1C#CCO. The second-order valence-corrected chi connectivity index (χ2v) is 5.90. The van der Waals surface area contributed by atoms with Crippen molar-refractivity contribution in [1.82, 2.24) is 10.2 Å². The molecule has 0 aromatic carbocycles. The van der Waals surface area contributed by atoms with Crippen LogP contribution in [0, 0.1) is 18.8 Å². The van der Waals surface area contributed by atoms with Crippen LogP contribution in [-0.2, 0) is 0 Å². The maximum atomic E-state index is 12.0. The fourth-order valence-corrected chi connectivity index (χ4v) is 2.64. The Morgan fingerprint density at radius 1 is 1.45 bits per heavy atom. The van der Waals surface area contributed by atoms with Crippen LogP contribution in [0.5, 0.6) is 0 Å². The molecule has 5 heteroatoms. The first kappa shape index (κ1) is 16.7. The Labute approximate surface area is 124 Å². The predicted octanol–water partition coefficient (Wildman–Crippen LogP) is 1.47. The summed E-state index contributed by atoms with van der Waals surface area (Å²) in [7, 11) is 4.09. The van der Waals surface area contributed by atoms with Crippen molar-refractivity contribution >= 4 is 17.2 Å². The Balaban J connectivity index is 2.44. The van der Waals surface area contributed by atoms with Crippen molar-refractivity contribution in [3.05, 3.63) is 21.4 Å². The van der Waals surface area contributed by atoms with Crippen molar-refractivity contribution in [2.75, 3.05) is 33.8 Å². The number of rotatable bonds is 6. The number of aryl methyl sites for hydroxylation is 1. The summed E-state index contributed by atoms with van der Waals surface area (Å²) in [4.78, 5) is 15.6. The normalized spacial score (nSPS) is 10.2. The molecule has 0 radical (unpaired) electrons. The van der Waals surface area contributed by atoms with Gasteiger partial charge in [0.25, 0.3) is 5.91 Å². The highest BCUT2D eigenvalue weighted by Crippen LogP contribution is 2.20.